The number of aryl methyl sites for hydroxylation is 1. The van der Waals surface area contributed by atoms with Crippen LogP contribution in [0.3, 0.4) is 0 Å². The third-order valence-corrected chi connectivity index (χ3v) is 8.19. The van der Waals surface area contributed by atoms with Crippen LogP contribution in [0.1, 0.15) is 16.7 Å². The summed E-state index contributed by atoms with van der Waals surface area (Å²) in [5.74, 6) is 2.31. The minimum absolute atomic E-state index is 0.0332. The highest BCUT2D eigenvalue weighted by atomic mass is 32.2. The van der Waals surface area contributed by atoms with Gasteiger partial charge in [-0.1, -0.05) is 23.8 Å². The Morgan fingerprint density at radius 1 is 0.811 bits per heavy atom. The molecule has 2 aliphatic heterocycles. The van der Waals surface area contributed by atoms with Gasteiger partial charge in [0, 0.05) is 30.1 Å². The largest absolute Gasteiger partial charge is 0.486 e. The first-order valence-corrected chi connectivity index (χ1v) is 13.2. The van der Waals surface area contributed by atoms with Gasteiger partial charge in [0.2, 0.25) is 16.8 Å². The molecule has 0 amide bonds. The first kappa shape index (κ1) is 23.4. The molecule has 0 atom stereocenters. The summed E-state index contributed by atoms with van der Waals surface area (Å²) in [4.78, 5) is 16.1. The van der Waals surface area contributed by atoms with Crippen LogP contribution in [0.2, 0.25) is 0 Å². The minimum atomic E-state index is -3.95. The van der Waals surface area contributed by atoms with Crippen molar-refractivity contribution < 1.29 is 27.4 Å². The molecule has 0 radical (unpaired) electrons. The molecule has 6 rings (SSSR count). The van der Waals surface area contributed by atoms with Gasteiger partial charge in [0.15, 0.2) is 23.0 Å². The van der Waals surface area contributed by atoms with Crippen molar-refractivity contribution in [1.82, 2.24) is 9.29 Å². The summed E-state index contributed by atoms with van der Waals surface area (Å²) >= 11 is 0. The van der Waals surface area contributed by atoms with Crippen molar-refractivity contribution in [3.05, 3.63) is 87.7 Å². The number of hydrogen-bond acceptors (Lipinski definition) is 7. The lowest BCUT2D eigenvalue weighted by molar-refractivity contribution is 0.172. The molecule has 3 heterocycles. The van der Waals surface area contributed by atoms with E-state index in [1.54, 1.807) is 60.7 Å². The third-order valence-electron chi connectivity index (χ3n) is 6.39. The maximum atomic E-state index is 13.8. The van der Waals surface area contributed by atoms with Crippen LogP contribution in [0.15, 0.2) is 70.4 Å². The number of H-pyrrole nitrogens is 1. The summed E-state index contributed by atoms with van der Waals surface area (Å²) in [5.41, 5.74) is 2.17. The Bertz CT molecular complexity index is 1660. The van der Waals surface area contributed by atoms with Gasteiger partial charge in [-0.3, -0.25) is 4.79 Å². The maximum Gasteiger partial charge on any atom is 0.252 e. The summed E-state index contributed by atoms with van der Waals surface area (Å²) in [6.07, 6.45) is 0. The van der Waals surface area contributed by atoms with E-state index in [4.69, 9.17) is 18.9 Å². The van der Waals surface area contributed by atoms with E-state index in [0.29, 0.717) is 52.9 Å². The second kappa shape index (κ2) is 9.13. The van der Waals surface area contributed by atoms with Gasteiger partial charge in [0.1, 0.15) is 13.2 Å². The smallest absolute Gasteiger partial charge is 0.252 e. The second-order valence-corrected chi connectivity index (χ2v) is 10.9. The lowest BCUT2D eigenvalue weighted by Gasteiger charge is -2.23. The van der Waals surface area contributed by atoms with Crippen LogP contribution >= 0.6 is 0 Å². The van der Waals surface area contributed by atoms with Crippen LogP contribution in [0.25, 0.3) is 10.9 Å². The van der Waals surface area contributed by atoms with Crippen molar-refractivity contribution in [3.63, 3.8) is 0 Å². The molecule has 0 fully saturated rings. The van der Waals surface area contributed by atoms with Gasteiger partial charge in [-0.2, -0.15) is 4.31 Å². The number of nitrogens with zero attached hydrogens (tertiary/aromatic N) is 1. The number of hydrogen-bond donors (Lipinski definition) is 1. The van der Waals surface area contributed by atoms with Crippen molar-refractivity contribution in [2.24, 2.45) is 0 Å². The predicted molar refractivity (Wildman–Crippen MR) is 136 cm³/mol. The Morgan fingerprint density at radius 3 is 2.30 bits per heavy atom. The Morgan fingerprint density at radius 2 is 1.51 bits per heavy atom. The van der Waals surface area contributed by atoms with E-state index < -0.39 is 10.0 Å². The topological polar surface area (TPSA) is 107 Å². The van der Waals surface area contributed by atoms with Crippen molar-refractivity contribution in [3.8, 4) is 23.0 Å². The van der Waals surface area contributed by atoms with Crippen molar-refractivity contribution >= 4 is 20.9 Å². The van der Waals surface area contributed by atoms with Gasteiger partial charge in [-0.25, -0.2) is 8.42 Å². The highest BCUT2D eigenvalue weighted by Gasteiger charge is 2.27. The van der Waals surface area contributed by atoms with Gasteiger partial charge >= 0.3 is 0 Å². The van der Waals surface area contributed by atoms with Crippen LogP contribution < -0.4 is 24.5 Å². The van der Waals surface area contributed by atoms with Gasteiger partial charge in [0.25, 0.3) is 5.56 Å². The number of benzene rings is 3. The molecule has 190 valence electrons. The number of rotatable bonds is 6. The molecule has 2 aliphatic rings. The Hall–Kier alpha value is -4.02. The first-order valence-electron chi connectivity index (χ1n) is 11.8. The quantitative estimate of drug-likeness (QED) is 0.413. The molecule has 4 aromatic rings. The van der Waals surface area contributed by atoms with Gasteiger partial charge in [-0.15, -0.1) is 0 Å². The summed E-state index contributed by atoms with van der Waals surface area (Å²) in [6, 6.07) is 17.2. The van der Waals surface area contributed by atoms with Crippen LogP contribution in [0.5, 0.6) is 23.0 Å². The highest BCUT2D eigenvalue weighted by Crippen LogP contribution is 2.35. The van der Waals surface area contributed by atoms with Crippen molar-refractivity contribution in [2.75, 3.05) is 20.0 Å². The van der Waals surface area contributed by atoms with E-state index in [9.17, 15) is 13.2 Å². The zero-order valence-electron chi connectivity index (χ0n) is 20.0. The minimum Gasteiger partial charge on any atom is -0.486 e. The van der Waals surface area contributed by atoms with Crippen molar-refractivity contribution in [1.29, 1.82) is 0 Å². The molecule has 0 spiro atoms. The number of ether oxygens (including phenoxy) is 4. The van der Waals surface area contributed by atoms with E-state index in [1.807, 2.05) is 6.92 Å². The molecule has 0 aliphatic carbocycles. The molecule has 9 nitrogen and oxygen atoms in total. The summed E-state index contributed by atoms with van der Waals surface area (Å²) in [5, 5.41) is 0.717. The summed E-state index contributed by atoms with van der Waals surface area (Å²) in [7, 11) is -3.95. The second-order valence-electron chi connectivity index (χ2n) is 8.98. The molecule has 3 aromatic carbocycles. The third kappa shape index (κ3) is 4.49. The van der Waals surface area contributed by atoms with E-state index in [2.05, 4.69) is 4.98 Å². The van der Waals surface area contributed by atoms with Crippen LogP contribution in [-0.4, -0.2) is 37.7 Å². The normalized spacial score (nSPS) is 14.3. The molecule has 0 bridgehead atoms. The predicted octanol–water partition coefficient (Wildman–Crippen LogP) is 3.73. The zero-order chi connectivity index (χ0) is 25.6. The number of aromatic amines is 1. The molecule has 1 aromatic heterocycles. The summed E-state index contributed by atoms with van der Waals surface area (Å²) in [6.45, 7) is 2.78. The molecular weight excluding hydrogens is 496 g/mol. The van der Waals surface area contributed by atoms with E-state index in [-0.39, 0.29) is 30.3 Å². The van der Waals surface area contributed by atoms with E-state index >= 15 is 0 Å². The number of aromatic nitrogens is 1. The number of sulfonamides is 1. The van der Waals surface area contributed by atoms with E-state index in [0.717, 1.165) is 10.9 Å². The Balaban J connectivity index is 1.40. The average Bonchev–Trinajstić information content (AvgIpc) is 3.36. The monoisotopic (exact) mass is 520 g/mol. The lowest BCUT2D eigenvalue weighted by atomic mass is 10.1. The average molecular weight is 521 g/mol. The molecular formula is C27H24N2O7S. The first-order chi connectivity index (χ1) is 17.9. The fourth-order valence-corrected chi connectivity index (χ4v) is 5.83. The fourth-order valence-electron chi connectivity index (χ4n) is 4.42. The molecule has 10 heteroatoms. The Kier molecular flexibility index (Phi) is 5.77. The highest BCUT2D eigenvalue weighted by molar-refractivity contribution is 7.89. The van der Waals surface area contributed by atoms with Gasteiger partial charge < -0.3 is 23.9 Å². The van der Waals surface area contributed by atoms with E-state index in [1.165, 1.54) is 4.31 Å². The van der Waals surface area contributed by atoms with Crippen LogP contribution in [0, 0.1) is 6.92 Å². The molecule has 0 saturated heterocycles. The Labute approximate surface area is 213 Å². The molecule has 1 N–H and O–H groups in total. The van der Waals surface area contributed by atoms with Gasteiger partial charge in [-0.05, 0) is 48.9 Å². The molecule has 0 unspecified atom stereocenters. The zero-order valence-corrected chi connectivity index (χ0v) is 20.8. The van der Waals surface area contributed by atoms with Crippen molar-refractivity contribution in [2.45, 2.75) is 24.9 Å². The number of pyridine rings is 1. The summed E-state index contributed by atoms with van der Waals surface area (Å²) < 4.78 is 51.0. The van der Waals surface area contributed by atoms with Crippen LogP contribution in [0.4, 0.5) is 0 Å². The lowest BCUT2D eigenvalue weighted by Crippen LogP contribution is -2.32. The maximum absolute atomic E-state index is 13.8. The number of nitrogens with one attached hydrogen (secondary N) is 1. The van der Waals surface area contributed by atoms with Crippen LogP contribution in [-0.2, 0) is 23.1 Å². The fraction of sp³-hybridized carbons (Fsp3) is 0.222. The standard InChI is InChI=1S/C27H24N2O7S/c1-17-2-5-21(6-3-17)37(31,32)29(14-18-4-7-23-24(10-18)36-16-35-23)15-20-11-19-12-25-26(34-9-8-33-25)13-22(19)28-27(20)30/h2-7,10-13H,8-9,14-16H2,1H3,(H,28,30). The van der Waals surface area contributed by atoms with Gasteiger partial charge in [0.05, 0.1) is 10.4 Å². The number of fused-ring (bicyclic) bond motifs is 3. The molecule has 0 saturated carbocycles. The SMILES string of the molecule is Cc1ccc(S(=O)(=O)N(Cc2ccc3c(c2)OCO3)Cc2cc3cc4c(cc3[nH]c2=O)OCCO4)cc1. The molecule has 37 heavy (non-hydrogen) atoms.